The molecule has 0 aliphatic heterocycles. The number of ether oxygens (including phenoxy) is 1. The molecule has 18 heavy (non-hydrogen) atoms. The minimum absolute atomic E-state index is 0.0255. The monoisotopic (exact) mass is 267 g/mol. The Morgan fingerprint density at radius 1 is 1.17 bits per heavy atom. The lowest BCUT2D eigenvalue weighted by Gasteiger charge is -2.36. The van der Waals surface area contributed by atoms with Crippen molar-refractivity contribution in [3.63, 3.8) is 0 Å². The second-order valence-electron chi connectivity index (χ2n) is 5.70. The van der Waals surface area contributed by atoms with Crippen molar-refractivity contribution in [2.24, 2.45) is 17.8 Å². The van der Waals surface area contributed by atoms with Gasteiger partial charge in [0.1, 0.15) is 6.61 Å². The minimum atomic E-state index is -4.23. The molecule has 0 radical (unpaired) electrons. The third-order valence-corrected chi connectivity index (χ3v) is 3.72. The number of nitrogens with one attached hydrogen (secondary N) is 1. The number of hydrogen-bond donors (Lipinski definition) is 1. The fraction of sp³-hybridized carbons (Fsp3) is 1.00. The van der Waals surface area contributed by atoms with Crippen molar-refractivity contribution in [3.05, 3.63) is 0 Å². The van der Waals surface area contributed by atoms with Crippen molar-refractivity contribution < 1.29 is 17.9 Å². The number of halogens is 3. The van der Waals surface area contributed by atoms with Gasteiger partial charge in [-0.3, -0.25) is 0 Å². The van der Waals surface area contributed by atoms with Gasteiger partial charge in [0.25, 0.3) is 0 Å². The second kappa shape index (κ2) is 6.75. The van der Waals surface area contributed by atoms with E-state index in [-0.39, 0.29) is 12.6 Å². The Labute approximate surface area is 107 Å². The molecule has 1 rings (SSSR count). The van der Waals surface area contributed by atoms with Gasteiger partial charge in [-0.1, -0.05) is 13.8 Å². The molecule has 1 aliphatic rings. The zero-order valence-electron chi connectivity index (χ0n) is 11.4. The summed E-state index contributed by atoms with van der Waals surface area (Å²) < 4.78 is 40.9. The maximum atomic E-state index is 12.0. The highest BCUT2D eigenvalue weighted by Crippen LogP contribution is 2.34. The average molecular weight is 267 g/mol. The van der Waals surface area contributed by atoms with Crippen LogP contribution in [0.4, 0.5) is 13.2 Å². The first-order chi connectivity index (χ1) is 8.31. The Kier molecular flexibility index (Phi) is 5.92. The molecule has 0 aromatic rings. The zero-order valence-corrected chi connectivity index (χ0v) is 11.4. The average Bonchev–Trinajstić information content (AvgIpc) is 2.21. The SMILES string of the molecule is CNC(COCC(F)(F)F)C1CC(C)CC(C)C1. The van der Waals surface area contributed by atoms with Crippen LogP contribution in [0.2, 0.25) is 0 Å². The summed E-state index contributed by atoms with van der Waals surface area (Å²) in [6, 6.07) is 0.0255. The van der Waals surface area contributed by atoms with Crippen LogP contribution >= 0.6 is 0 Å². The van der Waals surface area contributed by atoms with E-state index in [0.717, 1.165) is 12.8 Å². The van der Waals surface area contributed by atoms with E-state index in [2.05, 4.69) is 19.2 Å². The van der Waals surface area contributed by atoms with E-state index in [4.69, 9.17) is 4.74 Å². The predicted molar refractivity (Wildman–Crippen MR) is 65.4 cm³/mol. The van der Waals surface area contributed by atoms with Crippen LogP contribution in [-0.2, 0) is 4.74 Å². The standard InChI is InChI=1S/C13H24F3NO/c1-9-4-10(2)6-11(5-9)12(17-3)7-18-8-13(14,15)16/h9-12,17H,4-8H2,1-3H3. The zero-order chi connectivity index (χ0) is 13.8. The second-order valence-corrected chi connectivity index (χ2v) is 5.70. The summed E-state index contributed by atoms with van der Waals surface area (Å²) in [5, 5.41) is 3.11. The molecule has 0 heterocycles. The van der Waals surface area contributed by atoms with Gasteiger partial charge < -0.3 is 10.1 Å². The molecule has 1 fully saturated rings. The Hall–Kier alpha value is -0.290. The van der Waals surface area contributed by atoms with Crippen LogP contribution in [0.15, 0.2) is 0 Å². The van der Waals surface area contributed by atoms with E-state index in [1.54, 1.807) is 7.05 Å². The molecule has 3 atom stereocenters. The summed E-state index contributed by atoms with van der Waals surface area (Å²) in [6.07, 6.45) is -0.863. The molecule has 1 aliphatic carbocycles. The lowest BCUT2D eigenvalue weighted by atomic mass is 9.74. The number of rotatable bonds is 5. The maximum absolute atomic E-state index is 12.0. The molecule has 0 amide bonds. The molecular weight excluding hydrogens is 243 g/mol. The van der Waals surface area contributed by atoms with Crippen molar-refractivity contribution in [2.45, 2.75) is 45.3 Å². The third-order valence-electron chi connectivity index (χ3n) is 3.72. The summed E-state index contributed by atoms with van der Waals surface area (Å²) >= 11 is 0. The van der Waals surface area contributed by atoms with Gasteiger partial charge in [-0.15, -0.1) is 0 Å². The quantitative estimate of drug-likeness (QED) is 0.825. The smallest absolute Gasteiger partial charge is 0.370 e. The Balaban J connectivity index is 2.40. The molecule has 1 N–H and O–H groups in total. The minimum Gasteiger partial charge on any atom is -0.370 e. The fourth-order valence-corrected chi connectivity index (χ4v) is 3.09. The van der Waals surface area contributed by atoms with Crippen molar-refractivity contribution in [1.29, 1.82) is 0 Å². The van der Waals surface area contributed by atoms with Crippen molar-refractivity contribution >= 4 is 0 Å². The number of likely N-dealkylation sites (N-methyl/N-ethyl adjacent to an activating group) is 1. The highest BCUT2D eigenvalue weighted by Gasteiger charge is 2.31. The summed E-state index contributed by atoms with van der Waals surface area (Å²) in [5.74, 6) is 1.72. The molecule has 1 saturated carbocycles. The van der Waals surface area contributed by atoms with E-state index in [1.165, 1.54) is 6.42 Å². The van der Waals surface area contributed by atoms with Gasteiger partial charge in [-0.25, -0.2) is 0 Å². The molecule has 3 unspecified atom stereocenters. The van der Waals surface area contributed by atoms with Crippen molar-refractivity contribution in [3.8, 4) is 0 Å². The molecule has 0 aromatic heterocycles. The van der Waals surface area contributed by atoms with Gasteiger partial charge in [0.2, 0.25) is 0 Å². The van der Waals surface area contributed by atoms with E-state index < -0.39 is 12.8 Å². The first-order valence-electron chi connectivity index (χ1n) is 6.63. The lowest BCUT2D eigenvalue weighted by molar-refractivity contribution is -0.176. The molecule has 0 bridgehead atoms. The lowest BCUT2D eigenvalue weighted by Crippen LogP contribution is -2.41. The van der Waals surface area contributed by atoms with Gasteiger partial charge in [0.15, 0.2) is 0 Å². The van der Waals surface area contributed by atoms with Gasteiger partial charge in [-0.2, -0.15) is 13.2 Å². The highest BCUT2D eigenvalue weighted by atomic mass is 19.4. The Morgan fingerprint density at radius 3 is 2.17 bits per heavy atom. The molecular formula is C13H24F3NO. The molecule has 108 valence electrons. The van der Waals surface area contributed by atoms with Crippen LogP contribution in [0, 0.1) is 17.8 Å². The summed E-state index contributed by atoms with van der Waals surface area (Å²) in [7, 11) is 1.80. The Morgan fingerprint density at radius 2 is 1.72 bits per heavy atom. The first-order valence-corrected chi connectivity index (χ1v) is 6.63. The topological polar surface area (TPSA) is 21.3 Å². The van der Waals surface area contributed by atoms with Gasteiger partial charge >= 0.3 is 6.18 Å². The summed E-state index contributed by atoms with van der Waals surface area (Å²) in [4.78, 5) is 0. The first kappa shape index (κ1) is 15.8. The maximum Gasteiger partial charge on any atom is 0.411 e. The third kappa shape index (κ3) is 5.57. The van der Waals surface area contributed by atoms with Crippen LogP contribution < -0.4 is 5.32 Å². The predicted octanol–water partition coefficient (Wildman–Crippen LogP) is 3.23. The van der Waals surface area contributed by atoms with Gasteiger partial charge in [0, 0.05) is 6.04 Å². The summed E-state index contributed by atoms with van der Waals surface area (Å²) in [5.41, 5.74) is 0. The fourth-order valence-electron chi connectivity index (χ4n) is 3.09. The highest BCUT2D eigenvalue weighted by molar-refractivity contribution is 4.83. The van der Waals surface area contributed by atoms with Crippen LogP contribution in [0.5, 0.6) is 0 Å². The largest absolute Gasteiger partial charge is 0.411 e. The van der Waals surface area contributed by atoms with Crippen molar-refractivity contribution in [2.75, 3.05) is 20.3 Å². The van der Waals surface area contributed by atoms with Gasteiger partial charge in [0.05, 0.1) is 6.61 Å². The summed E-state index contributed by atoms with van der Waals surface area (Å²) in [6.45, 7) is 3.42. The van der Waals surface area contributed by atoms with Crippen molar-refractivity contribution in [1.82, 2.24) is 5.32 Å². The molecule has 2 nitrogen and oxygen atoms in total. The Bertz CT molecular complexity index is 235. The van der Waals surface area contributed by atoms with Crippen LogP contribution in [-0.4, -0.2) is 32.5 Å². The number of hydrogen-bond acceptors (Lipinski definition) is 2. The number of alkyl halides is 3. The van der Waals surface area contributed by atoms with E-state index in [9.17, 15) is 13.2 Å². The van der Waals surface area contributed by atoms with Crippen LogP contribution in [0.3, 0.4) is 0 Å². The van der Waals surface area contributed by atoms with Crippen LogP contribution in [0.1, 0.15) is 33.1 Å². The van der Waals surface area contributed by atoms with E-state index in [1.807, 2.05) is 0 Å². The van der Waals surface area contributed by atoms with Gasteiger partial charge in [-0.05, 0) is 44.1 Å². The van der Waals surface area contributed by atoms with Crippen LogP contribution in [0.25, 0.3) is 0 Å². The van der Waals surface area contributed by atoms with E-state index >= 15 is 0 Å². The molecule has 0 saturated heterocycles. The molecule has 5 heteroatoms. The molecule has 0 aromatic carbocycles. The normalized spacial score (nSPS) is 31.3. The van der Waals surface area contributed by atoms with E-state index in [0.29, 0.717) is 17.8 Å². The molecule has 0 spiro atoms.